The summed E-state index contributed by atoms with van der Waals surface area (Å²) >= 11 is 5.93. The molecule has 102 valence electrons. The Morgan fingerprint density at radius 2 is 2.21 bits per heavy atom. The summed E-state index contributed by atoms with van der Waals surface area (Å²) in [5.41, 5.74) is 1.19. The largest absolute Gasteiger partial charge is 0.353 e. The van der Waals surface area contributed by atoms with E-state index in [2.05, 4.69) is 45.7 Å². The minimum Gasteiger partial charge on any atom is -0.353 e. The van der Waals surface area contributed by atoms with Crippen molar-refractivity contribution in [2.45, 2.75) is 26.3 Å². The van der Waals surface area contributed by atoms with Gasteiger partial charge < -0.3 is 10.6 Å². The van der Waals surface area contributed by atoms with Gasteiger partial charge in [0.2, 0.25) is 11.9 Å². The Bertz CT molecular complexity index is 523. The van der Waals surface area contributed by atoms with Crippen molar-refractivity contribution in [3.05, 3.63) is 34.9 Å². The van der Waals surface area contributed by atoms with Crippen LogP contribution in [0.4, 0.5) is 11.9 Å². The highest BCUT2D eigenvalue weighted by atomic mass is 35.5. The highest BCUT2D eigenvalue weighted by molar-refractivity contribution is 6.30. The molecule has 19 heavy (non-hydrogen) atoms. The van der Waals surface area contributed by atoms with Crippen molar-refractivity contribution < 1.29 is 0 Å². The van der Waals surface area contributed by atoms with Crippen LogP contribution in [0.25, 0.3) is 0 Å². The quantitative estimate of drug-likeness (QED) is 0.761. The number of nitrogens with one attached hydrogen (secondary N) is 3. The summed E-state index contributed by atoms with van der Waals surface area (Å²) in [6.07, 6.45) is 0.877. The Balaban J connectivity index is 1.81. The molecule has 1 aromatic heterocycles. The van der Waals surface area contributed by atoms with Gasteiger partial charge in [0.05, 0.1) is 0 Å². The molecular weight excluding hydrogens is 262 g/mol. The van der Waals surface area contributed by atoms with E-state index in [1.165, 1.54) is 5.56 Å². The first-order valence-corrected chi connectivity index (χ1v) is 6.68. The van der Waals surface area contributed by atoms with Crippen LogP contribution in [0.2, 0.25) is 5.02 Å². The monoisotopic (exact) mass is 279 g/mol. The predicted molar refractivity (Wildman–Crippen MR) is 78.8 cm³/mol. The molecule has 1 aromatic carbocycles. The van der Waals surface area contributed by atoms with Gasteiger partial charge >= 0.3 is 0 Å². The molecule has 0 atom stereocenters. The second-order valence-corrected chi connectivity index (χ2v) is 5.05. The summed E-state index contributed by atoms with van der Waals surface area (Å²) in [5.74, 6) is 1.28. The zero-order valence-electron chi connectivity index (χ0n) is 11.1. The number of nitrogens with zero attached hydrogens (tertiary/aromatic N) is 2. The van der Waals surface area contributed by atoms with Gasteiger partial charge in [0, 0.05) is 17.6 Å². The maximum atomic E-state index is 5.93. The third kappa shape index (κ3) is 4.44. The van der Waals surface area contributed by atoms with Crippen LogP contribution in [0, 0.1) is 0 Å². The standard InChI is InChI=1S/C13H18ClN5/c1-9(2)16-13-17-12(18-19-13)15-7-6-10-4-3-5-11(14)8-10/h3-5,8-9H,6-7H2,1-2H3,(H3,15,16,17,18,19). The van der Waals surface area contributed by atoms with Crippen LogP contribution in [0.1, 0.15) is 19.4 Å². The van der Waals surface area contributed by atoms with Gasteiger partial charge in [-0.05, 0) is 38.0 Å². The Morgan fingerprint density at radius 1 is 1.37 bits per heavy atom. The first kappa shape index (κ1) is 13.7. The molecule has 0 amide bonds. The molecule has 1 heterocycles. The van der Waals surface area contributed by atoms with Crippen LogP contribution < -0.4 is 10.6 Å². The molecule has 2 aromatic rings. The fourth-order valence-corrected chi connectivity index (χ4v) is 1.90. The molecule has 0 bridgehead atoms. The van der Waals surface area contributed by atoms with Crippen molar-refractivity contribution in [3.8, 4) is 0 Å². The molecule has 6 heteroatoms. The Labute approximate surface area is 117 Å². The number of hydrogen-bond acceptors (Lipinski definition) is 4. The van der Waals surface area contributed by atoms with E-state index in [4.69, 9.17) is 11.6 Å². The van der Waals surface area contributed by atoms with Crippen molar-refractivity contribution in [1.82, 2.24) is 15.2 Å². The van der Waals surface area contributed by atoms with Crippen LogP contribution in [0.15, 0.2) is 24.3 Å². The smallest absolute Gasteiger partial charge is 0.243 e. The summed E-state index contributed by atoms with van der Waals surface area (Å²) in [7, 11) is 0. The lowest BCUT2D eigenvalue weighted by molar-refractivity contribution is 0.876. The van der Waals surface area contributed by atoms with Gasteiger partial charge in [-0.2, -0.15) is 4.98 Å². The summed E-state index contributed by atoms with van der Waals surface area (Å²) in [6.45, 7) is 4.86. The minimum absolute atomic E-state index is 0.326. The number of aromatic nitrogens is 3. The Hall–Kier alpha value is -1.75. The lowest BCUT2D eigenvalue weighted by Gasteiger charge is -2.04. The van der Waals surface area contributed by atoms with Gasteiger partial charge in [-0.3, -0.25) is 0 Å². The lowest BCUT2D eigenvalue weighted by Crippen LogP contribution is -2.11. The molecule has 0 aliphatic carbocycles. The van der Waals surface area contributed by atoms with Gasteiger partial charge in [0.1, 0.15) is 0 Å². The molecule has 2 rings (SSSR count). The second-order valence-electron chi connectivity index (χ2n) is 4.61. The van der Waals surface area contributed by atoms with E-state index in [-0.39, 0.29) is 0 Å². The van der Waals surface area contributed by atoms with E-state index in [9.17, 15) is 0 Å². The highest BCUT2D eigenvalue weighted by Crippen LogP contribution is 2.11. The predicted octanol–water partition coefficient (Wildman–Crippen LogP) is 2.93. The molecule has 0 saturated carbocycles. The molecule has 0 fully saturated rings. The molecule has 0 saturated heterocycles. The minimum atomic E-state index is 0.326. The van der Waals surface area contributed by atoms with Gasteiger partial charge in [0.15, 0.2) is 0 Å². The molecule has 0 aliphatic heterocycles. The third-order valence-electron chi connectivity index (χ3n) is 2.50. The third-order valence-corrected chi connectivity index (χ3v) is 2.73. The first-order chi connectivity index (χ1) is 9.13. The van der Waals surface area contributed by atoms with Crippen LogP contribution in [-0.2, 0) is 6.42 Å². The molecule has 0 unspecified atom stereocenters. The normalized spacial score (nSPS) is 10.7. The Kier molecular flexibility index (Phi) is 4.63. The fraction of sp³-hybridized carbons (Fsp3) is 0.385. The fourth-order valence-electron chi connectivity index (χ4n) is 1.69. The zero-order chi connectivity index (χ0) is 13.7. The van der Waals surface area contributed by atoms with Crippen LogP contribution in [0.3, 0.4) is 0 Å². The van der Waals surface area contributed by atoms with Crippen LogP contribution >= 0.6 is 11.6 Å². The van der Waals surface area contributed by atoms with Crippen molar-refractivity contribution in [3.63, 3.8) is 0 Å². The number of aromatic amines is 1. The topological polar surface area (TPSA) is 65.6 Å². The lowest BCUT2D eigenvalue weighted by atomic mass is 10.1. The van der Waals surface area contributed by atoms with E-state index in [0.29, 0.717) is 17.9 Å². The summed E-state index contributed by atoms with van der Waals surface area (Å²) in [5, 5.41) is 14.0. The number of rotatable bonds is 6. The van der Waals surface area contributed by atoms with Crippen molar-refractivity contribution >= 4 is 23.5 Å². The molecule has 0 spiro atoms. The second kappa shape index (κ2) is 6.43. The number of H-pyrrole nitrogens is 1. The van der Waals surface area contributed by atoms with Crippen molar-refractivity contribution in [1.29, 1.82) is 0 Å². The van der Waals surface area contributed by atoms with E-state index in [1.807, 2.05) is 18.2 Å². The maximum absolute atomic E-state index is 5.93. The Morgan fingerprint density at radius 3 is 2.95 bits per heavy atom. The van der Waals surface area contributed by atoms with Gasteiger partial charge in [-0.15, -0.1) is 5.10 Å². The number of anilines is 2. The molecule has 5 nitrogen and oxygen atoms in total. The van der Waals surface area contributed by atoms with Crippen molar-refractivity contribution in [2.24, 2.45) is 0 Å². The average molecular weight is 280 g/mol. The summed E-state index contributed by atoms with van der Waals surface area (Å²) < 4.78 is 0. The molecular formula is C13H18ClN5. The SMILES string of the molecule is CC(C)Nc1nc(NCCc2cccc(Cl)c2)n[nH]1. The van der Waals surface area contributed by atoms with Gasteiger partial charge in [-0.1, -0.05) is 23.7 Å². The van der Waals surface area contributed by atoms with E-state index >= 15 is 0 Å². The number of benzene rings is 1. The van der Waals surface area contributed by atoms with E-state index in [0.717, 1.165) is 18.0 Å². The van der Waals surface area contributed by atoms with Gasteiger partial charge in [0.25, 0.3) is 0 Å². The molecule has 0 radical (unpaired) electrons. The first-order valence-electron chi connectivity index (χ1n) is 6.31. The van der Waals surface area contributed by atoms with Crippen LogP contribution in [-0.4, -0.2) is 27.8 Å². The summed E-state index contributed by atoms with van der Waals surface area (Å²) in [6, 6.07) is 8.17. The van der Waals surface area contributed by atoms with E-state index in [1.54, 1.807) is 0 Å². The molecule has 0 aliphatic rings. The molecule has 3 N–H and O–H groups in total. The van der Waals surface area contributed by atoms with Crippen molar-refractivity contribution in [2.75, 3.05) is 17.2 Å². The number of hydrogen-bond donors (Lipinski definition) is 3. The summed E-state index contributed by atoms with van der Waals surface area (Å²) in [4.78, 5) is 4.28. The highest BCUT2D eigenvalue weighted by Gasteiger charge is 2.03. The van der Waals surface area contributed by atoms with E-state index < -0.39 is 0 Å². The zero-order valence-corrected chi connectivity index (χ0v) is 11.8. The maximum Gasteiger partial charge on any atom is 0.243 e. The average Bonchev–Trinajstić information content (AvgIpc) is 2.76. The number of halogens is 1. The van der Waals surface area contributed by atoms with Crippen LogP contribution in [0.5, 0.6) is 0 Å². The van der Waals surface area contributed by atoms with Gasteiger partial charge in [-0.25, -0.2) is 5.10 Å².